The number of hydrogen-bond donors (Lipinski definition) is 1. The van der Waals surface area contributed by atoms with Crippen LogP contribution in [0.25, 0.3) is 0 Å². The van der Waals surface area contributed by atoms with Crippen LogP contribution < -0.4 is 10.2 Å². The third kappa shape index (κ3) is 6.20. The van der Waals surface area contributed by atoms with Crippen molar-refractivity contribution in [1.82, 2.24) is 10.2 Å². The van der Waals surface area contributed by atoms with Gasteiger partial charge in [-0.25, -0.2) is 0 Å². The maximum absolute atomic E-state index is 4.44. The van der Waals surface area contributed by atoms with Crippen LogP contribution in [0.5, 0.6) is 0 Å². The molecule has 5 heteroatoms. The van der Waals surface area contributed by atoms with E-state index in [1.54, 1.807) is 0 Å². The van der Waals surface area contributed by atoms with Gasteiger partial charge in [-0.1, -0.05) is 19.1 Å². The summed E-state index contributed by atoms with van der Waals surface area (Å²) >= 11 is 0. The highest BCUT2D eigenvalue weighted by Crippen LogP contribution is 2.15. The summed E-state index contributed by atoms with van der Waals surface area (Å²) in [6, 6.07) is 8.78. The number of nitrogens with one attached hydrogen (secondary N) is 1. The van der Waals surface area contributed by atoms with Gasteiger partial charge >= 0.3 is 0 Å². The standard InChI is InChI=1S/C18H30N4.HI/c1-15-6-5-13-22(14-15)18(19-2)20-12-11-16-7-9-17(10-8-16)21(3)4;/h7-10,15H,5-6,11-14H2,1-4H3,(H,19,20);1H. The normalized spacial score (nSPS) is 18.3. The molecule has 1 aromatic rings. The predicted octanol–water partition coefficient (Wildman–Crippen LogP) is 3.22. The average molecular weight is 430 g/mol. The van der Waals surface area contributed by atoms with Gasteiger partial charge in [0, 0.05) is 46.5 Å². The van der Waals surface area contributed by atoms with Crippen LogP contribution in [0.4, 0.5) is 5.69 Å². The summed E-state index contributed by atoms with van der Waals surface area (Å²) in [5.41, 5.74) is 2.61. The number of rotatable bonds is 4. The molecule has 1 saturated heterocycles. The van der Waals surface area contributed by atoms with Crippen LogP contribution in [-0.4, -0.2) is 51.6 Å². The third-order valence-electron chi connectivity index (χ3n) is 4.32. The molecule has 1 aromatic carbocycles. The number of nitrogens with zero attached hydrogens (tertiary/aromatic N) is 3. The number of halogens is 1. The maximum atomic E-state index is 4.44. The van der Waals surface area contributed by atoms with E-state index in [2.05, 4.69) is 65.4 Å². The van der Waals surface area contributed by atoms with Gasteiger partial charge < -0.3 is 15.1 Å². The van der Waals surface area contributed by atoms with E-state index in [1.165, 1.54) is 24.1 Å². The summed E-state index contributed by atoms with van der Waals surface area (Å²) in [4.78, 5) is 8.96. The first-order valence-electron chi connectivity index (χ1n) is 8.32. The van der Waals surface area contributed by atoms with Gasteiger partial charge in [0.2, 0.25) is 0 Å². The van der Waals surface area contributed by atoms with E-state index in [0.29, 0.717) is 0 Å². The van der Waals surface area contributed by atoms with Crippen LogP contribution in [0.2, 0.25) is 0 Å². The molecule has 4 nitrogen and oxygen atoms in total. The Morgan fingerprint density at radius 1 is 1.30 bits per heavy atom. The van der Waals surface area contributed by atoms with Crippen molar-refractivity contribution >= 4 is 35.6 Å². The Hall–Kier alpha value is -0.980. The molecular weight excluding hydrogens is 399 g/mol. The minimum Gasteiger partial charge on any atom is -0.378 e. The number of hydrogen-bond acceptors (Lipinski definition) is 2. The fourth-order valence-corrected chi connectivity index (χ4v) is 2.99. The van der Waals surface area contributed by atoms with Gasteiger partial charge in [-0.2, -0.15) is 0 Å². The molecule has 1 heterocycles. The topological polar surface area (TPSA) is 30.9 Å². The second kappa shape index (κ2) is 10.0. The molecule has 2 rings (SSSR count). The van der Waals surface area contributed by atoms with Gasteiger partial charge in [0.15, 0.2) is 5.96 Å². The third-order valence-corrected chi connectivity index (χ3v) is 4.32. The van der Waals surface area contributed by atoms with Crippen molar-refractivity contribution in [3.63, 3.8) is 0 Å². The van der Waals surface area contributed by atoms with Crippen molar-refractivity contribution in [2.45, 2.75) is 26.2 Å². The molecule has 0 amide bonds. The minimum absolute atomic E-state index is 0. The number of benzene rings is 1. The molecule has 1 fully saturated rings. The van der Waals surface area contributed by atoms with Crippen molar-refractivity contribution in [2.24, 2.45) is 10.9 Å². The van der Waals surface area contributed by atoms with Crippen molar-refractivity contribution in [1.29, 1.82) is 0 Å². The first kappa shape index (κ1) is 20.1. The SMILES string of the molecule is CN=C(NCCc1ccc(N(C)C)cc1)N1CCCC(C)C1.I. The molecule has 23 heavy (non-hydrogen) atoms. The summed E-state index contributed by atoms with van der Waals surface area (Å²) < 4.78 is 0. The summed E-state index contributed by atoms with van der Waals surface area (Å²) in [5.74, 6) is 1.82. The highest BCUT2D eigenvalue weighted by Gasteiger charge is 2.18. The van der Waals surface area contributed by atoms with Crippen molar-refractivity contribution in [3.8, 4) is 0 Å². The number of guanidine groups is 1. The molecule has 1 N–H and O–H groups in total. The summed E-state index contributed by atoms with van der Waals surface area (Å²) in [6.45, 7) is 5.50. The smallest absolute Gasteiger partial charge is 0.193 e. The lowest BCUT2D eigenvalue weighted by atomic mass is 10.0. The van der Waals surface area contributed by atoms with Crippen molar-refractivity contribution < 1.29 is 0 Å². The van der Waals surface area contributed by atoms with Gasteiger partial charge in [0.1, 0.15) is 0 Å². The fraction of sp³-hybridized carbons (Fsp3) is 0.611. The van der Waals surface area contributed by atoms with Crippen molar-refractivity contribution in [2.75, 3.05) is 45.7 Å². The first-order chi connectivity index (χ1) is 10.6. The minimum atomic E-state index is 0. The molecule has 0 bridgehead atoms. The summed E-state index contributed by atoms with van der Waals surface area (Å²) in [7, 11) is 6.02. The van der Waals surface area contributed by atoms with Crippen LogP contribution in [0.15, 0.2) is 29.3 Å². The molecule has 0 saturated carbocycles. The molecule has 130 valence electrons. The molecule has 0 aromatic heterocycles. The Balaban J connectivity index is 0.00000264. The van der Waals surface area contributed by atoms with E-state index in [9.17, 15) is 0 Å². The second-order valence-electron chi connectivity index (χ2n) is 6.48. The number of piperidine rings is 1. The molecule has 0 aliphatic carbocycles. The largest absolute Gasteiger partial charge is 0.378 e. The lowest BCUT2D eigenvalue weighted by molar-refractivity contribution is 0.266. The Bertz CT molecular complexity index is 484. The molecule has 1 aliphatic rings. The van der Waals surface area contributed by atoms with E-state index < -0.39 is 0 Å². The van der Waals surface area contributed by atoms with Crippen LogP contribution >= 0.6 is 24.0 Å². The number of anilines is 1. The van der Waals surface area contributed by atoms with E-state index >= 15 is 0 Å². The molecule has 0 spiro atoms. The lowest BCUT2D eigenvalue weighted by Gasteiger charge is -2.33. The monoisotopic (exact) mass is 430 g/mol. The van der Waals surface area contributed by atoms with Gasteiger partial charge in [-0.3, -0.25) is 4.99 Å². The van der Waals surface area contributed by atoms with E-state index in [1.807, 2.05) is 7.05 Å². The molecule has 1 unspecified atom stereocenters. The van der Waals surface area contributed by atoms with Gasteiger partial charge in [0.05, 0.1) is 0 Å². The quantitative estimate of drug-likeness (QED) is 0.452. The van der Waals surface area contributed by atoms with Gasteiger partial charge in [-0.15, -0.1) is 24.0 Å². The van der Waals surface area contributed by atoms with Crippen LogP contribution in [0.3, 0.4) is 0 Å². The first-order valence-corrected chi connectivity index (χ1v) is 8.32. The molecular formula is C18H31IN4. The van der Waals surface area contributed by atoms with Crippen LogP contribution in [-0.2, 0) is 6.42 Å². The Labute approximate surface area is 158 Å². The Morgan fingerprint density at radius 2 is 2.00 bits per heavy atom. The fourth-order valence-electron chi connectivity index (χ4n) is 2.99. The van der Waals surface area contributed by atoms with Gasteiger partial charge in [0.25, 0.3) is 0 Å². The van der Waals surface area contributed by atoms with Crippen LogP contribution in [0.1, 0.15) is 25.3 Å². The lowest BCUT2D eigenvalue weighted by Crippen LogP contribution is -2.46. The van der Waals surface area contributed by atoms with E-state index in [4.69, 9.17) is 0 Å². The highest BCUT2D eigenvalue weighted by atomic mass is 127. The molecule has 1 aliphatic heterocycles. The Morgan fingerprint density at radius 3 is 2.57 bits per heavy atom. The van der Waals surface area contributed by atoms with Gasteiger partial charge in [-0.05, 0) is 42.9 Å². The second-order valence-corrected chi connectivity index (χ2v) is 6.48. The molecule has 1 atom stereocenters. The summed E-state index contributed by atoms with van der Waals surface area (Å²) in [6.07, 6.45) is 3.63. The maximum Gasteiger partial charge on any atom is 0.193 e. The zero-order valence-electron chi connectivity index (χ0n) is 14.9. The highest BCUT2D eigenvalue weighted by molar-refractivity contribution is 14.0. The van der Waals surface area contributed by atoms with E-state index in [0.717, 1.165) is 37.9 Å². The zero-order valence-corrected chi connectivity index (χ0v) is 17.2. The Kier molecular flexibility index (Phi) is 8.73. The zero-order chi connectivity index (χ0) is 15.9. The molecule has 0 radical (unpaired) electrons. The van der Waals surface area contributed by atoms with E-state index in [-0.39, 0.29) is 24.0 Å². The predicted molar refractivity (Wildman–Crippen MR) is 111 cm³/mol. The van der Waals surface area contributed by atoms with Crippen molar-refractivity contribution in [3.05, 3.63) is 29.8 Å². The number of aliphatic imine (C=N–C) groups is 1. The average Bonchev–Trinajstić information content (AvgIpc) is 2.52. The summed E-state index contributed by atoms with van der Waals surface area (Å²) in [5, 5.41) is 3.51. The van der Waals surface area contributed by atoms with Crippen LogP contribution in [0, 0.1) is 5.92 Å². The number of likely N-dealkylation sites (tertiary alicyclic amines) is 1.